The number of nitriles is 1. The third-order valence-electron chi connectivity index (χ3n) is 6.24. The highest BCUT2D eigenvalue weighted by Gasteiger charge is 2.31. The van der Waals surface area contributed by atoms with Crippen LogP contribution in [0.25, 0.3) is 28.0 Å². The van der Waals surface area contributed by atoms with Crippen LogP contribution in [0, 0.1) is 25.2 Å². The smallest absolute Gasteiger partial charge is 0.318 e. The molecule has 0 atom stereocenters. The van der Waals surface area contributed by atoms with Crippen molar-refractivity contribution in [2.75, 3.05) is 0 Å². The van der Waals surface area contributed by atoms with E-state index in [9.17, 15) is 18.0 Å². The number of aromatic nitrogens is 3. The summed E-state index contributed by atoms with van der Waals surface area (Å²) in [4.78, 5) is 17.9. The van der Waals surface area contributed by atoms with Crippen molar-refractivity contribution in [3.63, 3.8) is 0 Å². The summed E-state index contributed by atoms with van der Waals surface area (Å²) in [6, 6.07) is 22.4. The van der Waals surface area contributed by atoms with Gasteiger partial charge >= 0.3 is 6.18 Å². The van der Waals surface area contributed by atoms with Crippen molar-refractivity contribution in [3.05, 3.63) is 117 Å². The van der Waals surface area contributed by atoms with Gasteiger partial charge in [0.2, 0.25) is 0 Å². The molecule has 0 aliphatic rings. The van der Waals surface area contributed by atoms with Gasteiger partial charge in [-0.05, 0) is 68.4 Å². The summed E-state index contributed by atoms with van der Waals surface area (Å²) >= 11 is 0. The SMILES string of the molecule is Cc1cc(C=Nn2c(-c3cccc(C(F)(F)F)c3)nc3ccccc3c2=O)c(C)n1-c1ccc(C#N)cc1. The first kappa shape index (κ1) is 24.7. The summed E-state index contributed by atoms with van der Waals surface area (Å²) in [5.74, 6) is -0.00282. The van der Waals surface area contributed by atoms with Crippen LogP contribution in [0.1, 0.15) is 28.1 Å². The maximum absolute atomic E-state index is 13.4. The molecular weight excluding hydrogens is 491 g/mol. The van der Waals surface area contributed by atoms with E-state index in [-0.39, 0.29) is 11.4 Å². The minimum atomic E-state index is -4.55. The maximum atomic E-state index is 13.4. The van der Waals surface area contributed by atoms with Crippen LogP contribution in [0.2, 0.25) is 0 Å². The fourth-order valence-electron chi connectivity index (χ4n) is 4.37. The summed E-state index contributed by atoms with van der Waals surface area (Å²) in [5.41, 5.74) is 2.96. The topological polar surface area (TPSA) is 76.0 Å². The van der Waals surface area contributed by atoms with Crippen molar-refractivity contribution in [2.45, 2.75) is 20.0 Å². The monoisotopic (exact) mass is 511 g/mol. The van der Waals surface area contributed by atoms with E-state index in [1.165, 1.54) is 18.3 Å². The van der Waals surface area contributed by atoms with E-state index in [1.54, 1.807) is 36.4 Å². The van der Waals surface area contributed by atoms with Gasteiger partial charge in [0.25, 0.3) is 5.56 Å². The fourth-order valence-corrected chi connectivity index (χ4v) is 4.37. The quantitative estimate of drug-likeness (QED) is 0.268. The summed E-state index contributed by atoms with van der Waals surface area (Å²) in [6.45, 7) is 3.81. The largest absolute Gasteiger partial charge is 0.416 e. The number of halogens is 3. The van der Waals surface area contributed by atoms with Crippen molar-refractivity contribution in [1.82, 2.24) is 14.2 Å². The summed E-state index contributed by atoms with van der Waals surface area (Å²) in [5, 5.41) is 13.8. The first-order valence-electron chi connectivity index (χ1n) is 11.6. The molecule has 0 amide bonds. The first-order chi connectivity index (χ1) is 18.2. The molecule has 2 aromatic heterocycles. The predicted octanol–water partition coefficient (Wildman–Crippen LogP) is 6.24. The van der Waals surface area contributed by atoms with Gasteiger partial charge in [-0.1, -0.05) is 24.3 Å². The van der Waals surface area contributed by atoms with Crippen molar-refractivity contribution in [3.8, 4) is 23.1 Å². The molecule has 0 bridgehead atoms. The van der Waals surface area contributed by atoms with Gasteiger partial charge in [-0.25, -0.2) is 4.98 Å². The Morgan fingerprint density at radius 2 is 1.71 bits per heavy atom. The molecule has 6 nitrogen and oxygen atoms in total. The second-order valence-electron chi connectivity index (χ2n) is 8.71. The highest BCUT2D eigenvalue weighted by molar-refractivity contribution is 5.83. The van der Waals surface area contributed by atoms with E-state index >= 15 is 0 Å². The molecule has 0 spiro atoms. The molecule has 0 aliphatic heterocycles. The number of rotatable bonds is 4. The number of aryl methyl sites for hydroxylation is 1. The normalized spacial score (nSPS) is 11.8. The molecule has 0 saturated carbocycles. The van der Waals surface area contributed by atoms with Crippen molar-refractivity contribution in [1.29, 1.82) is 5.26 Å². The summed E-state index contributed by atoms with van der Waals surface area (Å²) < 4.78 is 43.3. The lowest BCUT2D eigenvalue weighted by Crippen LogP contribution is -2.20. The minimum Gasteiger partial charge on any atom is -0.318 e. The van der Waals surface area contributed by atoms with Gasteiger partial charge in [0.15, 0.2) is 5.82 Å². The Morgan fingerprint density at radius 1 is 0.974 bits per heavy atom. The second-order valence-corrected chi connectivity index (χ2v) is 8.71. The molecule has 0 unspecified atom stereocenters. The molecule has 188 valence electrons. The molecule has 0 aliphatic carbocycles. The van der Waals surface area contributed by atoms with Crippen LogP contribution >= 0.6 is 0 Å². The lowest BCUT2D eigenvalue weighted by atomic mass is 10.1. The zero-order valence-corrected chi connectivity index (χ0v) is 20.4. The Balaban J connectivity index is 1.65. The lowest BCUT2D eigenvalue weighted by Gasteiger charge is -2.12. The van der Waals surface area contributed by atoms with Crippen LogP contribution in [0.4, 0.5) is 13.2 Å². The Bertz CT molecular complexity index is 1810. The molecule has 5 rings (SSSR count). The highest BCUT2D eigenvalue weighted by Crippen LogP contribution is 2.32. The molecule has 0 fully saturated rings. The third kappa shape index (κ3) is 4.48. The van der Waals surface area contributed by atoms with Crippen LogP contribution in [0.3, 0.4) is 0 Å². The van der Waals surface area contributed by atoms with Gasteiger partial charge in [-0.15, -0.1) is 0 Å². The molecule has 38 heavy (non-hydrogen) atoms. The maximum Gasteiger partial charge on any atom is 0.416 e. The number of hydrogen-bond acceptors (Lipinski definition) is 4. The number of nitrogens with zero attached hydrogens (tertiary/aromatic N) is 5. The Hall–Kier alpha value is -4.97. The summed E-state index contributed by atoms with van der Waals surface area (Å²) in [6.07, 6.45) is -3.05. The second kappa shape index (κ2) is 9.48. The van der Waals surface area contributed by atoms with Gasteiger partial charge in [-0.3, -0.25) is 4.79 Å². The van der Waals surface area contributed by atoms with Gasteiger partial charge in [-0.2, -0.15) is 28.2 Å². The first-order valence-corrected chi connectivity index (χ1v) is 11.6. The van der Waals surface area contributed by atoms with Crippen LogP contribution in [0.15, 0.2) is 88.8 Å². The highest BCUT2D eigenvalue weighted by atomic mass is 19.4. The van der Waals surface area contributed by atoms with Crippen LogP contribution < -0.4 is 5.56 Å². The molecular formula is C29H20F3N5O. The van der Waals surface area contributed by atoms with Gasteiger partial charge < -0.3 is 4.57 Å². The molecule has 9 heteroatoms. The average molecular weight is 512 g/mol. The van der Waals surface area contributed by atoms with Gasteiger partial charge in [0.1, 0.15) is 0 Å². The minimum absolute atomic E-state index is 0.00282. The van der Waals surface area contributed by atoms with Crippen molar-refractivity contribution < 1.29 is 13.2 Å². The lowest BCUT2D eigenvalue weighted by molar-refractivity contribution is -0.137. The Labute approximate surface area is 215 Å². The molecule has 5 aromatic rings. The Morgan fingerprint density at radius 3 is 2.42 bits per heavy atom. The zero-order valence-electron chi connectivity index (χ0n) is 20.4. The van der Waals surface area contributed by atoms with Gasteiger partial charge in [0, 0.05) is 28.2 Å². The number of hydrogen-bond donors (Lipinski definition) is 0. The van der Waals surface area contributed by atoms with E-state index in [0.29, 0.717) is 22.0 Å². The molecule has 3 aromatic carbocycles. The van der Waals surface area contributed by atoms with Crippen molar-refractivity contribution in [2.24, 2.45) is 5.10 Å². The van der Waals surface area contributed by atoms with E-state index in [2.05, 4.69) is 16.2 Å². The molecule has 0 saturated heterocycles. The van der Waals surface area contributed by atoms with Crippen LogP contribution in [-0.4, -0.2) is 20.4 Å². The van der Waals surface area contributed by atoms with E-state index in [1.807, 2.05) is 36.6 Å². The standard InChI is InChI=1S/C29H20F3N5O/c1-18-14-22(19(2)36(18)24-12-10-20(16-33)11-13-24)17-34-37-27(21-6-5-7-23(15-21)29(30,31)32)35-26-9-4-3-8-25(26)28(37)38/h3-15,17H,1-2H3. The van der Waals surface area contributed by atoms with E-state index in [4.69, 9.17) is 5.26 Å². The van der Waals surface area contributed by atoms with Crippen LogP contribution in [0.5, 0.6) is 0 Å². The summed E-state index contributed by atoms with van der Waals surface area (Å²) in [7, 11) is 0. The number of benzene rings is 3. The molecule has 0 radical (unpaired) electrons. The van der Waals surface area contributed by atoms with Crippen LogP contribution in [-0.2, 0) is 6.18 Å². The number of alkyl halides is 3. The van der Waals surface area contributed by atoms with Crippen molar-refractivity contribution >= 4 is 17.1 Å². The fraction of sp³-hybridized carbons (Fsp3) is 0.103. The molecule has 0 N–H and O–H groups in total. The average Bonchev–Trinajstić information content (AvgIpc) is 3.20. The predicted molar refractivity (Wildman–Crippen MR) is 139 cm³/mol. The van der Waals surface area contributed by atoms with E-state index in [0.717, 1.165) is 33.9 Å². The van der Waals surface area contributed by atoms with E-state index < -0.39 is 17.3 Å². The molecule has 2 heterocycles. The number of para-hydroxylation sites is 1. The third-order valence-corrected chi connectivity index (χ3v) is 6.24. The Kier molecular flexibility index (Phi) is 6.17. The van der Waals surface area contributed by atoms with Gasteiger partial charge in [0.05, 0.1) is 34.3 Å². The number of fused-ring (bicyclic) bond motifs is 1. The zero-order chi connectivity index (χ0) is 27.0.